The van der Waals surface area contributed by atoms with Gasteiger partial charge in [0.15, 0.2) is 5.82 Å². The van der Waals surface area contributed by atoms with Gasteiger partial charge >= 0.3 is 0 Å². The Labute approximate surface area is 65.1 Å². The molecule has 11 heavy (non-hydrogen) atoms. The molecule has 0 unspecified atom stereocenters. The van der Waals surface area contributed by atoms with E-state index in [9.17, 15) is 0 Å². The molecule has 0 aromatic carbocycles. The summed E-state index contributed by atoms with van der Waals surface area (Å²) in [6.45, 7) is 1.98. The van der Waals surface area contributed by atoms with Crippen LogP contribution in [0.5, 0.6) is 0 Å². The first-order chi connectivity index (χ1) is 5.47. The first-order valence-corrected chi connectivity index (χ1v) is 3.74. The first-order valence-electron chi connectivity index (χ1n) is 3.74. The normalized spacial score (nSPS) is 15.6. The van der Waals surface area contributed by atoms with Crippen molar-refractivity contribution in [3.05, 3.63) is 12.5 Å². The molecule has 1 aromatic heterocycles. The van der Waals surface area contributed by atoms with E-state index >= 15 is 0 Å². The van der Waals surface area contributed by atoms with Crippen LogP contribution in [-0.4, -0.2) is 23.1 Å². The fourth-order valence-corrected chi connectivity index (χ4v) is 1.12. The third kappa shape index (κ3) is 1.24. The molecule has 4 nitrogen and oxygen atoms in total. The van der Waals surface area contributed by atoms with Gasteiger partial charge in [0.1, 0.15) is 6.33 Å². The van der Waals surface area contributed by atoms with E-state index in [-0.39, 0.29) is 0 Å². The van der Waals surface area contributed by atoms with E-state index in [1.54, 1.807) is 12.5 Å². The topological polar surface area (TPSA) is 49.8 Å². The molecular weight excluding hydrogens is 140 g/mol. The van der Waals surface area contributed by atoms with Gasteiger partial charge in [-0.25, -0.2) is 9.97 Å². The van der Waals surface area contributed by atoms with Crippen LogP contribution in [0, 0.1) is 0 Å². The second kappa shape index (κ2) is 2.74. The summed E-state index contributed by atoms with van der Waals surface area (Å²) >= 11 is 0. The predicted molar refractivity (Wildman–Crippen MR) is 43.6 cm³/mol. The third-order valence-electron chi connectivity index (χ3n) is 1.67. The maximum absolute atomic E-state index is 4.09. The van der Waals surface area contributed by atoms with E-state index in [0.29, 0.717) is 0 Å². The van der Waals surface area contributed by atoms with Crippen molar-refractivity contribution in [2.75, 3.05) is 23.7 Å². The molecule has 0 spiro atoms. The van der Waals surface area contributed by atoms with E-state index < -0.39 is 0 Å². The van der Waals surface area contributed by atoms with Crippen LogP contribution < -0.4 is 10.6 Å². The Kier molecular flexibility index (Phi) is 1.59. The zero-order valence-corrected chi connectivity index (χ0v) is 6.17. The second-order valence-corrected chi connectivity index (χ2v) is 2.49. The summed E-state index contributed by atoms with van der Waals surface area (Å²) in [4.78, 5) is 8.02. The Morgan fingerprint density at radius 1 is 1.27 bits per heavy atom. The van der Waals surface area contributed by atoms with Crippen LogP contribution in [0.3, 0.4) is 0 Å². The fourth-order valence-electron chi connectivity index (χ4n) is 1.12. The van der Waals surface area contributed by atoms with Crippen molar-refractivity contribution in [2.24, 2.45) is 0 Å². The summed E-state index contributed by atoms with van der Waals surface area (Å²) in [7, 11) is 0. The Balaban J connectivity index is 2.33. The molecule has 58 valence electrons. The number of hydrogen-bond donors (Lipinski definition) is 2. The third-order valence-corrected chi connectivity index (χ3v) is 1.67. The fraction of sp³-hybridized carbons (Fsp3) is 0.429. The van der Waals surface area contributed by atoms with Crippen LogP contribution in [0.25, 0.3) is 0 Å². The minimum absolute atomic E-state index is 0.914. The summed E-state index contributed by atoms with van der Waals surface area (Å²) in [6, 6.07) is 0. The van der Waals surface area contributed by atoms with Crippen molar-refractivity contribution in [1.29, 1.82) is 0 Å². The standard InChI is InChI=1S/C7H10N4/c1-2-9-6-4-8-5-11-7(6)10-3-1/h4-5,9H,1-3H2,(H,8,10,11). The SMILES string of the molecule is c1ncc2c(n1)NCCCN2. The van der Waals surface area contributed by atoms with E-state index in [1.807, 2.05) is 0 Å². The van der Waals surface area contributed by atoms with Gasteiger partial charge in [0.25, 0.3) is 0 Å². The van der Waals surface area contributed by atoms with Crippen molar-refractivity contribution in [3.63, 3.8) is 0 Å². The van der Waals surface area contributed by atoms with Crippen LogP contribution in [0.4, 0.5) is 11.5 Å². The molecule has 0 bridgehead atoms. The minimum atomic E-state index is 0.914. The summed E-state index contributed by atoms with van der Waals surface area (Å²) in [5.41, 5.74) is 1.00. The van der Waals surface area contributed by atoms with Gasteiger partial charge in [-0.15, -0.1) is 0 Å². The van der Waals surface area contributed by atoms with Gasteiger partial charge in [-0.2, -0.15) is 0 Å². The number of nitrogens with one attached hydrogen (secondary N) is 2. The number of nitrogens with zero attached hydrogens (tertiary/aromatic N) is 2. The molecule has 0 saturated carbocycles. The average molecular weight is 150 g/mol. The average Bonchev–Trinajstić information content (AvgIpc) is 2.28. The highest BCUT2D eigenvalue weighted by Gasteiger charge is 2.05. The highest BCUT2D eigenvalue weighted by Crippen LogP contribution is 2.17. The molecule has 0 atom stereocenters. The van der Waals surface area contributed by atoms with Gasteiger partial charge in [0, 0.05) is 13.1 Å². The monoisotopic (exact) mass is 150 g/mol. The zero-order chi connectivity index (χ0) is 7.52. The Hall–Kier alpha value is -1.32. The Morgan fingerprint density at radius 2 is 2.18 bits per heavy atom. The van der Waals surface area contributed by atoms with E-state index in [0.717, 1.165) is 31.0 Å². The quantitative estimate of drug-likeness (QED) is 0.571. The number of rotatable bonds is 0. The molecule has 4 heteroatoms. The van der Waals surface area contributed by atoms with Crippen LogP contribution in [0.1, 0.15) is 6.42 Å². The summed E-state index contributed by atoms with van der Waals surface area (Å²) in [6.07, 6.45) is 4.47. The van der Waals surface area contributed by atoms with Crippen LogP contribution in [0.15, 0.2) is 12.5 Å². The molecule has 1 aliphatic heterocycles. The lowest BCUT2D eigenvalue weighted by Gasteiger charge is -2.03. The number of hydrogen-bond acceptors (Lipinski definition) is 4. The lowest BCUT2D eigenvalue weighted by Crippen LogP contribution is -2.01. The van der Waals surface area contributed by atoms with Crippen LogP contribution >= 0.6 is 0 Å². The summed E-state index contributed by atoms with van der Waals surface area (Å²) in [5.74, 6) is 0.914. The Morgan fingerprint density at radius 3 is 3.18 bits per heavy atom. The predicted octanol–water partition coefficient (Wildman–Crippen LogP) is 0.704. The maximum atomic E-state index is 4.09. The number of fused-ring (bicyclic) bond motifs is 1. The van der Waals surface area contributed by atoms with Crippen molar-refractivity contribution in [3.8, 4) is 0 Å². The van der Waals surface area contributed by atoms with Crippen molar-refractivity contribution >= 4 is 11.5 Å². The molecular formula is C7H10N4. The van der Waals surface area contributed by atoms with E-state index in [2.05, 4.69) is 20.6 Å². The van der Waals surface area contributed by atoms with Gasteiger partial charge in [-0.3, -0.25) is 0 Å². The number of anilines is 2. The second-order valence-electron chi connectivity index (χ2n) is 2.49. The van der Waals surface area contributed by atoms with Gasteiger partial charge in [0.2, 0.25) is 0 Å². The van der Waals surface area contributed by atoms with E-state index in [4.69, 9.17) is 0 Å². The van der Waals surface area contributed by atoms with Gasteiger partial charge < -0.3 is 10.6 Å². The zero-order valence-electron chi connectivity index (χ0n) is 6.17. The van der Waals surface area contributed by atoms with Crippen molar-refractivity contribution in [2.45, 2.75) is 6.42 Å². The van der Waals surface area contributed by atoms with Crippen LogP contribution in [0.2, 0.25) is 0 Å². The molecule has 0 radical (unpaired) electrons. The van der Waals surface area contributed by atoms with E-state index in [1.165, 1.54) is 0 Å². The lowest BCUT2D eigenvalue weighted by molar-refractivity contribution is 0.926. The summed E-state index contributed by atoms with van der Waals surface area (Å²) in [5, 5.41) is 6.45. The maximum Gasteiger partial charge on any atom is 0.152 e. The van der Waals surface area contributed by atoms with Gasteiger partial charge in [-0.1, -0.05) is 0 Å². The summed E-state index contributed by atoms with van der Waals surface area (Å²) < 4.78 is 0. The molecule has 2 N–H and O–H groups in total. The highest BCUT2D eigenvalue weighted by atomic mass is 15.1. The minimum Gasteiger partial charge on any atom is -0.381 e. The smallest absolute Gasteiger partial charge is 0.152 e. The van der Waals surface area contributed by atoms with Gasteiger partial charge in [-0.05, 0) is 6.42 Å². The lowest BCUT2D eigenvalue weighted by atomic mass is 10.4. The van der Waals surface area contributed by atoms with Crippen molar-refractivity contribution in [1.82, 2.24) is 9.97 Å². The van der Waals surface area contributed by atoms with Gasteiger partial charge in [0.05, 0.1) is 11.9 Å². The molecule has 1 aromatic rings. The molecule has 0 saturated heterocycles. The largest absolute Gasteiger partial charge is 0.381 e. The molecule has 0 amide bonds. The molecule has 2 heterocycles. The van der Waals surface area contributed by atoms with Crippen molar-refractivity contribution < 1.29 is 0 Å². The highest BCUT2D eigenvalue weighted by molar-refractivity contribution is 5.63. The molecule has 2 rings (SSSR count). The molecule has 1 aliphatic rings. The molecule has 0 fully saturated rings. The Bertz CT molecular complexity index is 223. The van der Waals surface area contributed by atoms with Crippen LogP contribution in [-0.2, 0) is 0 Å². The molecule has 0 aliphatic carbocycles. The first kappa shape index (κ1) is 6.39. The number of aromatic nitrogens is 2.